The molecule has 3 aromatic carbocycles. The molecule has 2 aliphatic heterocycles. The largest absolute Gasteiger partial charge is 0.333 e. The van der Waals surface area contributed by atoms with E-state index in [1.807, 2.05) is 24.6 Å². The minimum Gasteiger partial charge on any atom is -0.333 e. The maximum absolute atomic E-state index is 5.29. The number of allylic oxidation sites excluding steroid dienone is 6. The number of hydrogen-bond acceptors (Lipinski definition) is 5. The second kappa shape index (κ2) is 11.6. The third-order valence-corrected chi connectivity index (χ3v) is 9.01. The van der Waals surface area contributed by atoms with Crippen LogP contribution in [0, 0.1) is 5.92 Å². The summed E-state index contributed by atoms with van der Waals surface area (Å²) in [6, 6.07) is 27.8. The van der Waals surface area contributed by atoms with Crippen LogP contribution < -0.4 is 0 Å². The van der Waals surface area contributed by atoms with Gasteiger partial charge in [0.15, 0.2) is 5.84 Å². The molecule has 0 saturated carbocycles. The Kier molecular flexibility index (Phi) is 6.99. The number of amidine groups is 2. The van der Waals surface area contributed by atoms with E-state index < -0.39 is 0 Å². The Balaban J connectivity index is 1.22. The molecule has 0 fully saturated rings. The molecule has 0 bridgehead atoms. The topological polar surface area (TPSA) is 53.2 Å². The van der Waals surface area contributed by atoms with E-state index in [0.29, 0.717) is 0 Å². The zero-order valence-corrected chi connectivity index (χ0v) is 25.2. The molecule has 45 heavy (non-hydrogen) atoms. The van der Waals surface area contributed by atoms with E-state index in [-0.39, 0.29) is 18.1 Å². The molecule has 5 heteroatoms. The SMILES string of the molecule is CN1C(c2cccc(-c3cccc4cccnc34)c2)=NC(c2cccc(C3=CC=C[C@@H]4C=CC=NC34)c2)=NC1C1=CC=CCC1. The van der Waals surface area contributed by atoms with Crippen LogP contribution in [0.5, 0.6) is 0 Å². The standard InChI is InChI=1S/C40H33N5/c1-45-39(29-11-3-2-4-12-29)43-38(32-17-5-15-30(25-32)34-21-7-13-27-19-9-23-41-36(27)34)44-40(45)33-18-6-16-31(26-33)35-22-8-14-28-20-10-24-42-37(28)35/h2-3,5-11,13-27,36,39H,4,12H2,1H3/t27-,36?,39?/m1/s1. The smallest absolute Gasteiger partial charge is 0.159 e. The number of hydrogen-bond donors (Lipinski definition) is 0. The van der Waals surface area contributed by atoms with E-state index in [0.717, 1.165) is 63.2 Å². The summed E-state index contributed by atoms with van der Waals surface area (Å²) in [6.07, 6.45) is 23.0. The Hall–Kier alpha value is -5.42. The minimum atomic E-state index is -0.140. The molecule has 0 spiro atoms. The van der Waals surface area contributed by atoms with Gasteiger partial charge in [0.05, 0.1) is 11.6 Å². The van der Waals surface area contributed by atoms with Crippen molar-refractivity contribution in [3.63, 3.8) is 0 Å². The average Bonchev–Trinajstić information content (AvgIpc) is 3.11. The van der Waals surface area contributed by atoms with Crippen molar-refractivity contribution in [3.05, 3.63) is 156 Å². The zero-order valence-electron chi connectivity index (χ0n) is 25.2. The number of para-hydroxylation sites is 1. The maximum Gasteiger partial charge on any atom is 0.159 e. The lowest BCUT2D eigenvalue weighted by atomic mass is 9.83. The Morgan fingerprint density at radius 3 is 2.49 bits per heavy atom. The zero-order chi connectivity index (χ0) is 30.2. The van der Waals surface area contributed by atoms with Crippen molar-refractivity contribution in [2.75, 3.05) is 7.05 Å². The fourth-order valence-corrected chi connectivity index (χ4v) is 6.74. The molecule has 3 atom stereocenters. The van der Waals surface area contributed by atoms with Gasteiger partial charge in [0.25, 0.3) is 0 Å². The molecule has 0 saturated heterocycles. The van der Waals surface area contributed by atoms with Gasteiger partial charge in [-0.2, -0.15) is 0 Å². The van der Waals surface area contributed by atoms with Crippen molar-refractivity contribution in [3.8, 4) is 11.1 Å². The first-order valence-electron chi connectivity index (χ1n) is 15.6. The van der Waals surface area contributed by atoms with Gasteiger partial charge in [-0.05, 0) is 59.4 Å². The van der Waals surface area contributed by atoms with Crippen LogP contribution in [-0.4, -0.2) is 47.0 Å². The summed E-state index contributed by atoms with van der Waals surface area (Å²) in [6.45, 7) is 0. The molecule has 0 radical (unpaired) electrons. The number of aliphatic imine (C=N–C) groups is 3. The number of benzene rings is 3. The molecule has 4 aliphatic rings. The van der Waals surface area contributed by atoms with E-state index in [1.54, 1.807) is 0 Å². The molecule has 8 rings (SSSR count). The summed E-state index contributed by atoms with van der Waals surface area (Å²) in [5.41, 5.74) is 8.95. The van der Waals surface area contributed by atoms with E-state index in [9.17, 15) is 0 Å². The summed E-state index contributed by atoms with van der Waals surface area (Å²) in [5, 5.41) is 1.13. The third kappa shape index (κ3) is 5.10. The molecule has 4 aromatic rings. The Labute approximate surface area is 263 Å². The van der Waals surface area contributed by atoms with Crippen LogP contribution in [0.1, 0.15) is 29.5 Å². The first kappa shape index (κ1) is 27.2. The Bertz CT molecular complexity index is 2050. The number of rotatable bonds is 5. The van der Waals surface area contributed by atoms with Gasteiger partial charge in [0.2, 0.25) is 0 Å². The summed E-state index contributed by atoms with van der Waals surface area (Å²) >= 11 is 0. The Morgan fingerprint density at radius 2 is 1.58 bits per heavy atom. The number of nitrogens with zero attached hydrogens (tertiary/aromatic N) is 5. The average molecular weight is 584 g/mol. The molecule has 0 N–H and O–H groups in total. The second-order valence-electron chi connectivity index (χ2n) is 11.8. The predicted molar refractivity (Wildman–Crippen MR) is 187 cm³/mol. The molecule has 1 aromatic heterocycles. The minimum absolute atomic E-state index is 0.0898. The van der Waals surface area contributed by atoms with Gasteiger partial charge in [-0.15, -0.1) is 0 Å². The number of dihydropyridines is 1. The van der Waals surface area contributed by atoms with Crippen molar-refractivity contribution in [1.82, 2.24) is 9.88 Å². The van der Waals surface area contributed by atoms with Gasteiger partial charge < -0.3 is 4.90 Å². The molecular formula is C40H33N5. The van der Waals surface area contributed by atoms with Crippen LogP contribution in [0.4, 0.5) is 0 Å². The highest BCUT2D eigenvalue weighted by molar-refractivity contribution is 6.13. The van der Waals surface area contributed by atoms with E-state index in [1.165, 1.54) is 11.1 Å². The van der Waals surface area contributed by atoms with Gasteiger partial charge in [-0.3, -0.25) is 9.98 Å². The monoisotopic (exact) mass is 583 g/mol. The van der Waals surface area contributed by atoms with Crippen LogP contribution >= 0.6 is 0 Å². The summed E-state index contributed by atoms with van der Waals surface area (Å²) in [4.78, 5) is 22.3. The quantitative estimate of drug-likeness (QED) is 0.238. The molecular weight excluding hydrogens is 550 g/mol. The first-order valence-corrected chi connectivity index (χ1v) is 15.6. The van der Waals surface area contributed by atoms with Crippen LogP contribution in [0.2, 0.25) is 0 Å². The molecule has 3 heterocycles. The first-order chi connectivity index (χ1) is 22.2. The van der Waals surface area contributed by atoms with Crippen LogP contribution in [-0.2, 0) is 0 Å². The van der Waals surface area contributed by atoms with Gasteiger partial charge in [-0.25, -0.2) is 9.98 Å². The van der Waals surface area contributed by atoms with Gasteiger partial charge in [-0.1, -0.05) is 103 Å². The van der Waals surface area contributed by atoms with Crippen molar-refractivity contribution in [2.24, 2.45) is 20.9 Å². The molecule has 2 aliphatic carbocycles. The lowest BCUT2D eigenvalue weighted by Crippen LogP contribution is -2.42. The highest BCUT2D eigenvalue weighted by Gasteiger charge is 2.29. The molecule has 5 nitrogen and oxygen atoms in total. The number of aromatic nitrogens is 1. The summed E-state index contributed by atoms with van der Waals surface area (Å²) in [7, 11) is 2.11. The Morgan fingerprint density at radius 1 is 0.778 bits per heavy atom. The number of fused-ring (bicyclic) bond motifs is 2. The fourth-order valence-electron chi connectivity index (χ4n) is 6.74. The predicted octanol–water partition coefficient (Wildman–Crippen LogP) is 8.22. The fraction of sp³-hybridized carbons (Fsp3) is 0.150. The van der Waals surface area contributed by atoms with Crippen LogP contribution in [0.3, 0.4) is 0 Å². The van der Waals surface area contributed by atoms with Crippen molar-refractivity contribution < 1.29 is 0 Å². The van der Waals surface area contributed by atoms with Crippen molar-refractivity contribution in [2.45, 2.75) is 25.0 Å². The van der Waals surface area contributed by atoms with E-state index >= 15 is 0 Å². The second-order valence-corrected chi connectivity index (χ2v) is 11.8. The van der Waals surface area contributed by atoms with Crippen LogP contribution in [0.15, 0.2) is 154 Å². The van der Waals surface area contributed by atoms with Crippen LogP contribution in [0.25, 0.3) is 27.6 Å². The van der Waals surface area contributed by atoms with Gasteiger partial charge in [0, 0.05) is 47.5 Å². The van der Waals surface area contributed by atoms with E-state index in [2.05, 4.69) is 127 Å². The molecule has 2 unspecified atom stereocenters. The maximum atomic E-state index is 5.29. The highest BCUT2D eigenvalue weighted by atomic mass is 15.3. The molecule has 218 valence electrons. The van der Waals surface area contributed by atoms with Gasteiger partial charge >= 0.3 is 0 Å². The summed E-state index contributed by atoms with van der Waals surface area (Å²) in [5.74, 6) is 1.94. The lowest BCUT2D eigenvalue weighted by molar-refractivity contribution is 0.407. The van der Waals surface area contributed by atoms with Crippen molar-refractivity contribution >= 4 is 34.4 Å². The highest BCUT2D eigenvalue weighted by Crippen LogP contribution is 2.34. The number of likely N-dealkylation sites (N-methyl/N-ethyl adjacent to an activating group) is 1. The number of pyridine rings is 1. The van der Waals surface area contributed by atoms with E-state index in [4.69, 9.17) is 20.0 Å². The normalized spacial score (nSPS) is 22.1. The third-order valence-electron chi connectivity index (χ3n) is 9.01. The molecule has 0 amide bonds. The van der Waals surface area contributed by atoms with Crippen molar-refractivity contribution in [1.29, 1.82) is 0 Å². The lowest BCUT2D eigenvalue weighted by Gasteiger charge is -2.34. The summed E-state index contributed by atoms with van der Waals surface area (Å²) < 4.78 is 0. The van der Waals surface area contributed by atoms with Gasteiger partial charge in [0.1, 0.15) is 12.0 Å².